The highest BCUT2D eigenvalue weighted by molar-refractivity contribution is 9.10. The smallest absolute Gasteiger partial charge is 0.120 e. The lowest BCUT2D eigenvalue weighted by atomic mass is 10.3. The number of benzene rings is 1. The van der Waals surface area contributed by atoms with Gasteiger partial charge in [0.2, 0.25) is 0 Å². The molecular weight excluding hydrogens is 268 g/mol. The molecule has 84 valence electrons. The standard InChI is InChI=1S/C12H19BrOSi/c1-5-6-14-11-7-10(13)8-12(9-11)15(2,3)4/h7-9H,5-6H2,1-4H3. The molecule has 0 aliphatic heterocycles. The van der Waals surface area contributed by atoms with Gasteiger partial charge < -0.3 is 4.74 Å². The third kappa shape index (κ3) is 3.99. The molecule has 0 bridgehead atoms. The van der Waals surface area contributed by atoms with Crippen molar-refractivity contribution in [2.24, 2.45) is 0 Å². The molecule has 0 heterocycles. The highest BCUT2D eigenvalue weighted by atomic mass is 79.9. The van der Waals surface area contributed by atoms with Crippen LogP contribution in [0, 0.1) is 0 Å². The molecule has 0 fully saturated rings. The van der Waals surface area contributed by atoms with E-state index in [4.69, 9.17) is 4.74 Å². The maximum Gasteiger partial charge on any atom is 0.120 e. The summed E-state index contributed by atoms with van der Waals surface area (Å²) < 4.78 is 6.78. The van der Waals surface area contributed by atoms with E-state index in [2.05, 4.69) is 54.6 Å². The zero-order valence-electron chi connectivity index (χ0n) is 9.93. The number of halogens is 1. The van der Waals surface area contributed by atoms with Crippen molar-refractivity contribution in [2.45, 2.75) is 33.0 Å². The summed E-state index contributed by atoms with van der Waals surface area (Å²) in [7, 11) is -1.25. The Morgan fingerprint density at radius 3 is 2.40 bits per heavy atom. The highest BCUT2D eigenvalue weighted by Crippen LogP contribution is 2.19. The first kappa shape index (κ1) is 12.8. The lowest BCUT2D eigenvalue weighted by molar-refractivity contribution is 0.317. The molecular formula is C12H19BrOSi. The summed E-state index contributed by atoms with van der Waals surface area (Å²) in [5.74, 6) is 0.989. The van der Waals surface area contributed by atoms with E-state index in [0.717, 1.165) is 23.2 Å². The summed E-state index contributed by atoms with van der Waals surface area (Å²) in [4.78, 5) is 0. The minimum atomic E-state index is -1.25. The number of rotatable bonds is 4. The summed E-state index contributed by atoms with van der Waals surface area (Å²) in [5, 5.41) is 1.43. The Bertz CT molecular complexity index is 331. The molecule has 0 aromatic heterocycles. The van der Waals surface area contributed by atoms with Crippen molar-refractivity contribution in [3.05, 3.63) is 22.7 Å². The van der Waals surface area contributed by atoms with Crippen molar-refractivity contribution >= 4 is 29.2 Å². The SMILES string of the molecule is CCCOc1cc(Br)cc([Si](C)(C)C)c1. The predicted molar refractivity (Wildman–Crippen MR) is 72.9 cm³/mol. The van der Waals surface area contributed by atoms with Crippen LogP contribution >= 0.6 is 15.9 Å². The third-order valence-electron chi connectivity index (χ3n) is 2.21. The largest absolute Gasteiger partial charge is 0.494 e. The molecule has 15 heavy (non-hydrogen) atoms. The van der Waals surface area contributed by atoms with Crippen LogP contribution in [0.5, 0.6) is 5.75 Å². The van der Waals surface area contributed by atoms with Gasteiger partial charge in [-0.2, -0.15) is 0 Å². The first-order valence-electron chi connectivity index (χ1n) is 5.37. The monoisotopic (exact) mass is 286 g/mol. The van der Waals surface area contributed by atoms with Gasteiger partial charge in [0, 0.05) is 4.47 Å². The molecule has 0 radical (unpaired) electrons. The second-order valence-electron chi connectivity index (χ2n) is 4.77. The van der Waals surface area contributed by atoms with E-state index in [1.54, 1.807) is 0 Å². The van der Waals surface area contributed by atoms with Crippen LogP contribution in [-0.2, 0) is 0 Å². The Morgan fingerprint density at radius 2 is 1.87 bits per heavy atom. The van der Waals surface area contributed by atoms with Crippen LogP contribution in [0.3, 0.4) is 0 Å². The molecule has 0 amide bonds. The number of ether oxygens (including phenoxy) is 1. The molecule has 0 N–H and O–H groups in total. The van der Waals surface area contributed by atoms with Crippen molar-refractivity contribution < 1.29 is 4.74 Å². The zero-order chi connectivity index (χ0) is 11.5. The van der Waals surface area contributed by atoms with E-state index in [1.165, 1.54) is 5.19 Å². The Morgan fingerprint density at radius 1 is 1.20 bits per heavy atom. The first-order valence-corrected chi connectivity index (χ1v) is 9.66. The molecule has 0 spiro atoms. The molecule has 0 aliphatic rings. The van der Waals surface area contributed by atoms with Crippen LogP contribution in [0.1, 0.15) is 13.3 Å². The van der Waals surface area contributed by atoms with E-state index in [-0.39, 0.29) is 0 Å². The Hall–Kier alpha value is -0.283. The fourth-order valence-electron chi connectivity index (χ4n) is 1.30. The third-order valence-corrected chi connectivity index (χ3v) is 4.69. The summed E-state index contributed by atoms with van der Waals surface area (Å²) in [6.07, 6.45) is 1.05. The Balaban J connectivity index is 2.95. The quantitative estimate of drug-likeness (QED) is 0.766. The van der Waals surface area contributed by atoms with E-state index >= 15 is 0 Å². The van der Waals surface area contributed by atoms with Crippen LogP contribution in [-0.4, -0.2) is 14.7 Å². The maximum absolute atomic E-state index is 5.66. The molecule has 1 nitrogen and oxygen atoms in total. The van der Waals surface area contributed by atoms with Gasteiger partial charge in [-0.3, -0.25) is 0 Å². The fraction of sp³-hybridized carbons (Fsp3) is 0.500. The van der Waals surface area contributed by atoms with Crippen molar-refractivity contribution in [3.63, 3.8) is 0 Å². The van der Waals surface area contributed by atoms with Gasteiger partial charge in [0.15, 0.2) is 0 Å². The molecule has 0 atom stereocenters. The molecule has 0 aliphatic carbocycles. The lowest BCUT2D eigenvalue weighted by Crippen LogP contribution is -2.37. The Kier molecular flexibility index (Phi) is 4.41. The van der Waals surface area contributed by atoms with Gasteiger partial charge in [-0.05, 0) is 24.6 Å². The second kappa shape index (κ2) is 5.17. The Labute approximate surface area is 102 Å². The van der Waals surface area contributed by atoms with Gasteiger partial charge in [0.1, 0.15) is 5.75 Å². The minimum absolute atomic E-state index is 0.793. The summed E-state index contributed by atoms with van der Waals surface area (Å²) >= 11 is 3.54. The van der Waals surface area contributed by atoms with E-state index in [9.17, 15) is 0 Å². The summed E-state index contributed by atoms with van der Waals surface area (Å²) in [5.41, 5.74) is 0. The predicted octanol–water partition coefficient (Wildman–Crippen LogP) is 3.78. The average Bonchev–Trinajstić information content (AvgIpc) is 2.12. The van der Waals surface area contributed by atoms with E-state index in [1.807, 2.05) is 6.07 Å². The molecule has 1 rings (SSSR count). The molecule has 0 saturated heterocycles. The normalized spacial score (nSPS) is 11.5. The van der Waals surface area contributed by atoms with E-state index < -0.39 is 8.07 Å². The van der Waals surface area contributed by atoms with Crippen molar-refractivity contribution in [1.29, 1.82) is 0 Å². The van der Waals surface area contributed by atoms with Gasteiger partial charge in [0.25, 0.3) is 0 Å². The van der Waals surface area contributed by atoms with Crippen LogP contribution in [0.15, 0.2) is 22.7 Å². The van der Waals surface area contributed by atoms with Crippen molar-refractivity contribution in [2.75, 3.05) is 6.61 Å². The van der Waals surface area contributed by atoms with Crippen LogP contribution < -0.4 is 9.92 Å². The minimum Gasteiger partial charge on any atom is -0.494 e. The van der Waals surface area contributed by atoms with Gasteiger partial charge in [-0.15, -0.1) is 0 Å². The highest BCUT2D eigenvalue weighted by Gasteiger charge is 2.17. The number of hydrogen-bond donors (Lipinski definition) is 0. The van der Waals surface area contributed by atoms with Crippen LogP contribution in [0.25, 0.3) is 0 Å². The molecule has 3 heteroatoms. The average molecular weight is 287 g/mol. The maximum atomic E-state index is 5.66. The molecule has 0 unspecified atom stereocenters. The van der Waals surface area contributed by atoms with Gasteiger partial charge in [-0.1, -0.05) is 47.7 Å². The fourth-order valence-corrected chi connectivity index (χ4v) is 3.15. The second-order valence-corrected chi connectivity index (χ2v) is 10.8. The van der Waals surface area contributed by atoms with Crippen molar-refractivity contribution in [3.8, 4) is 5.75 Å². The van der Waals surface area contributed by atoms with E-state index in [0.29, 0.717) is 0 Å². The first-order chi connectivity index (χ1) is 6.93. The molecule has 1 aromatic carbocycles. The van der Waals surface area contributed by atoms with Gasteiger partial charge in [-0.25, -0.2) is 0 Å². The zero-order valence-corrected chi connectivity index (χ0v) is 12.5. The lowest BCUT2D eigenvalue weighted by Gasteiger charge is -2.18. The number of hydrogen-bond acceptors (Lipinski definition) is 1. The van der Waals surface area contributed by atoms with Crippen molar-refractivity contribution in [1.82, 2.24) is 0 Å². The molecule has 1 aromatic rings. The van der Waals surface area contributed by atoms with Crippen LogP contribution in [0.4, 0.5) is 0 Å². The summed E-state index contributed by atoms with van der Waals surface area (Å²) in [6, 6.07) is 6.44. The van der Waals surface area contributed by atoms with Crippen LogP contribution in [0.2, 0.25) is 19.6 Å². The van der Waals surface area contributed by atoms with Gasteiger partial charge >= 0.3 is 0 Å². The van der Waals surface area contributed by atoms with Gasteiger partial charge in [0.05, 0.1) is 14.7 Å². The molecule has 0 saturated carbocycles. The summed E-state index contributed by atoms with van der Waals surface area (Å²) in [6.45, 7) is 9.95. The topological polar surface area (TPSA) is 9.23 Å².